The molecule has 0 spiro atoms. The SMILES string of the molecule is c1ccc(-c2nc(-c3ccccc3-c3ccccc3)nc(-c3cccc4oc5cc(-n6c7ccccc7c7cc8ccccc8cc76)c6ccccc6c5c34)n2)cc1. The zero-order valence-electron chi connectivity index (χ0n) is 31.2. The molecule has 0 amide bonds. The molecule has 3 heterocycles. The minimum Gasteiger partial charge on any atom is -0.456 e. The molecule has 0 aliphatic carbocycles. The summed E-state index contributed by atoms with van der Waals surface area (Å²) in [5.41, 5.74) is 9.85. The van der Waals surface area contributed by atoms with Gasteiger partial charge in [-0.2, -0.15) is 0 Å². The quantitative estimate of drug-likeness (QED) is 0.176. The van der Waals surface area contributed by atoms with E-state index in [0.717, 1.165) is 77.2 Å². The molecule has 3 aromatic heterocycles. The largest absolute Gasteiger partial charge is 0.456 e. The molecule has 0 bridgehead atoms. The smallest absolute Gasteiger partial charge is 0.164 e. The van der Waals surface area contributed by atoms with E-state index in [2.05, 4.69) is 144 Å². The molecule has 0 aliphatic rings. The fraction of sp³-hybridized carbons (Fsp3) is 0. The van der Waals surface area contributed by atoms with Crippen LogP contribution in [0.1, 0.15) is 0 Å². The maximum Gasteiger partial charge on any atom is 0.164 e. The average molecular weight is 741 g/mol. The van der Waals surface area contributed by atoms with Gasteiger partial charge in [0.15, 0.2) is 17.5 Å². The Hall–Kier alpha value is -7.89. The molecule has 0 N–H and O–H groups in total. The fourth-order valence-electron chi connectivity index (χ4n) is 8.83. The maximum atomic E-state index is 6.88. The molecule has 9 aromatic carbocycles. The van der Waals surface area contributed by atoms with Crippen LogP contribution in [0, 0.1) is 0 Å². The van der Waals surface area contributed by atoms with Crippen molar-refractivity contribution < 1.29 is 4.42 Å². The van der Waals surface area contributed by atoms with Gasteiger partial charge in [-0.3, -0.25) is 0 Å². The summed E-state index contributed by atoms with van der Waals surface area (Å²) in [6.45, 7) is 0. The van der Waals surface area contributed by atoms with Gasteiger partial charge in [-0.05, 0) is 51.6 Å². The molecule has 5 nitrogen and oxygen atoms in total. The number of hydrogen-bond acceptors (Lipinski definition) is 4. The van der Waals surface area contributed by atoms with E-state index in [1.807, 2.05) is 54.6 Å². The highest BCUT2D eigenvalue weighted by Gasteiger charge is 2.23. The molecule has 0 unspecified atom stereocenters. The Kier molecular flexibility index (Phi) is 7.16. The molecule has 270 valence electrons. The molecule has 0 saturated carbocycles. The van der Waals surface area contributed by atoms with Crippen LogP contribution in [0.4, 0.5) is 0 Å². The lowest BCUT2D eigenvalue weighted by Gasteiger charge is -2.14. The Morgan fingerprint density at radius 1 is 0.345 bits per heavy atom. The lowest BCUT2D eigenvalue weighted by molar-refractivity contribution is 0.669. The van der Waals surface area contributed by atoms with E-state index in [-0.39, 0.29) is 0 Å². The predicted molar refractivity (Wildman–Crippen MR) is 238 cm³/mol. The summed E-state index contributed by atoms with van der Waals surface area (Å²) >= 11 is 0. The number of aromatic nitrogens is 4. The van der Waals surface area contributed by atoms with Gasteiger partial charge < -0.3 is 8.98 Å². The first-order valence-electron chi connectivity index (χ1n) is 19.5. The second kappa shape index (κ2) is 12.8. The van der Waals surface area contributed by atoms with Crippen molar-refractivity contribution in [2.75, 3.05) is 0 Å². The van der Waals surface area contributed by atoms with E-state index in [0.29, 0.717) is 17.5 Å². The molecule has 58 heavy (non-hydrogen) atoms. The highest BCUT2D eigenvalue weighted by molar-refractivity contribution is 6.25. The van der Waals surface area contributed by atoms with Crippen molar-refractivity contribution in [2.24, 2.45) is 0 Å². The van der Waals surface area contributed by atoms with Crippen LogP contribution in [0.3, 0.4) is 0 Å². The number of benzene rings is 9. The highest BCUT2D eigenvalue weighted by Crippen LogP contribution is 2.44. The van der Waals surface area contributed by atoms with Crippen LogP contribution in [-0.4, -0.2) is 19.5 Å². The fourth-order valence-corrected chi connectivity index (χ4v) is 8.83. The monoisotopic (exact) mass is 740 g/mol. The summed E-state index contributed by atoms with van der Waals surface area (Å²) in [6.07, 6.45) is 0. The maximum absolute atomic E-state index is 6.88. The highest BCUT2D eigenvalue weighted by atomic mass is 16.3. The van der Waals surface area contributed by atoms with Gasteiger partial charge in [0.2, 0.25) is 0 Å². The van der Waals surface area contributed by atoms with Gasteiger partial charge in [-0.15, -0.1) is 0 Å². The summed E-state index contributed by atoms with van der Waals surface area (Å²) < 4.78 is 9.28. The van der Waals surface area contributed by atoms with E-state index in [1.165, 1.54) is 21.5 Å². The molecule has 0 aliphatic heterocycles. The van der Waals surface area contributed by atoms with Crippen molar-refractivity contribution >= 4 is 65.3 Å². The van der Waals surface area contributed by atoms with Crippen molar-refractivity contribution in [3.05, 3.63) is 194 Å². The van der Waals surface area contributed by atoms with Crippen LogP contribution < -0.4 is 0 Å². The zero-order valence-corrected chi connectivity index (χ0v) is 31.2. The molecule has 0 radical (unpaired) electrons. The number of furan rings is 1. The van der Waals surface area contributed by atoms with Crippen molar-refractivity contribution in [1.29, 1.82) is 0 Å². The first-order chi connectivity index (χ1) is 28.8. The Morgan fingerprint density at radius 3 is 1.72 bits per heavy atom. The minimum absolute atomic E-state index is 0.586. The summed E-state index contributed by atoms with van der Waals surface area (Å²) in [5, 5.41) is 9.10. The summed E-state index contributed by atoms with van der Waals surface area (Å²) in [7, 11) is 0. The van der Waals surface area contributed by atoms with Crippen molar-refractivity contribution in [1.82, 2.24) is 19.5 Å². The third-order valence-corrected chi connectivity index (χ3v) is 11.4. The predicted octanol–water partition coefficient (Wildman–Crippen LogP) is 13.8. The molecule has 12 aromatic rings. The second-order valence-electron chi connectivity index (χ2n) is 14.7. The van der Waals surface area contributed by atoms with E-state index < -0.39 is 0 Å². The Morgan fingerprint density at radius 2 is 0.931 bits per heavy atom. The minimum atomic E-state index is 0.586. The van der Waals surface area contributed by atoms with Crippen LogP contribution in [0.25, 0.3) is 116 Å². The van der Waals surface area contributed by atoms with Gasteiger partial charge in [-0.1, -0.05) is 164 Å². The number of fused-ring (bicyclic) bond motifs is 9. The lowest BCUT2D eigenvalue weighted by Crippen LogP contribution is -2.01. The second-order valence-corrected chi connectivity index (χ2v) is 14.7. The van der Waals surface area contributed by atoms with Gasteiger partial charge in [0.25, 0.3) is 0 Å². The molecule has 0 atom stereocenters. The van der Waals surface area contributed by atoms with Crippen LogP contribution in [0.2, 0.25) is 0 Å². The zero-order chi connectivity index (χ0) is 38.2. The lowest BCUT2D eigenvalue weighted by atomic mass is 9.98. The van der Waals surface area contributed by atoms with E-state index in [1.54, 1.807) is 0 Å². The topological polar surface area (TPSA) is 56.7 Å². The molecular weight excluding hydrogens is 709 g/mol. The Labute approximate surface area is 333 Å². The Balaban J connectivity index is 1.14. The molecule has 5 heteroatoms. The number of nitrogens with zero attached hydrogens (tertiary/aromatic N) is 4. The van der Waals surface area contributed by atoms with E-state index >= 15 is 0 Å². The van der Waals surface area contributed by atoms with Crippen LogP contribution >= 0.6 is 0 Å². The average Bonchev–Trinajstić information content (AvgIpc) is 3.84. The summed E-state index contributed by atoms with van der Waals surface area (Å²) in [6, 6.07) is 67.9. The third kappa shape index (κ3) is 5.00. The first kappa shape index (κ1) is 32.4. The Bertz CT molecular complexity index is 3570. The van der Waals surface area contributed by atoms with Crippen molar-refractivity contribution in [2.45, 2.75) is 0 Å². The normalized spacial score (nSPS) is 11.8. The van der Waals surface area contributed by atoms with Gasteiger partial charge >= 0.3 is 0 Å². The van der Waals surface area contributed by atoms with E-state index in [9.17, 15) is 0 Å². The van der Waals surface area contributed by atoms with Crippen LogP contribution in [0.5, 0.6) is 0 Å². The number of rotatable bonds is 5. The van der Waals surface area contributed by atoms with Gasteiger partial charge in [0.05, 0.1) is 16.7 Å². The van der Waals surface area contributed by atoms with Crippen molar-refractivity contribution in [3.8, 4) is 51.0 Å². The third-order valence-electron chi connectivity index (χ3n) is 11.4. The molecule has 12 rings (SSSR count). The first-order valence-corrected chi connectivity index (χ1v) is 19.5. The van der Waals surface area contributed by atoms with Crippen molar-refractivity contribution in [3.63, 3.8) is 0 Å². The van der Waals surface area contributed by atoms with Gasteiger partial charge in [0.1, 0.15) is 11.2 Å². The molecular formula is C53H32N4O. The molecule has 0 saturated heterocycles. The van der Waals surface area contributed by atoms with Crippen LogP contribution in [-0.2, 0) is 0 Å². The summed E-state index contributed by atoms with van der Waals surface area (Å²) in [5.74, 6) is 1.81. The van der Waals surface area contributed by atoms with Gasteiger partial charge in [-0.25, -0.2) is 15.0 Å². The van der Waals surface area contributed by atoms with Gasteiger partial charge in [0, 0.05) is 49.7 Å². The van der Waals surface area contributed by atoms with E-state index in [4.69, 9.17) is 19.4 Å². The van der Waals surface area contributed by atoms with Crippen LogP contribution in [0.15, 0.2) is 199 Å². The molecule has 0 fully saturated rings. The number of para-hydroxylation sites is 1. The summed E-state index contributed by atoms with van der Waals surface area (Å²) in [4.78, 5) is 15.6. The standard InChI is InChI=1S/C53H32N4O/c1-3-16-33(17-4-1)37-22-9-12-26-41(37)52-54-51(34-18-5-2-6-19-34)55-53(56-52)42-27-15-29-47-50(42)49-40-25-11-10-23-38(40)46(32-48(49)58-47)57-44-28-14-13-24-39(44)43-30-35-20-7-8-21-36(35)31-45(43)57/h1-32H. The number of hydrogen-bond donors (Lipinski definition) is 0.